The van der Waals surface area contributed by atoms with E-state index in [1.165, 1.54) is 192 Å². The van der Waals surface area contributed by atoms with Crippen LogP contribution in [0.2, 0.25) is 0 Å². The van der Waals surface area contributed by atoms with Gasteiger partial charge in [-0.1, -0.05) is 204 Å². The molecule has 2 nitrogen and oxygen atoms in total. The van der Waals surface area contributed by atoms with Gasteiger partial charge < -0.3 is 9.80 Å². The Bertz CT molecular complexity index is 4060. The third-order valence-corrected chi connectivity index (χ3v) is 21.6. The Morgan fingerprint density at radius 3 is 1.07 bits per heavy atom. The minimum Gasteiger partial charge on any atom is -0.309 e. The lowest BCUT2D eigenvalue weighted by Gasteiger charge is -2.47. The smallest absolute Gasteiger partial charge is 0.0543 e. The van der Waals surface area contributed by atoms with Gasteiger partial charge in [0.1, 0.15) is 0 Å². The van der Waals surface area contributed by atoms with Crippen molar-refractivity contribution in [2.75, 3.05) is 9.80 Å². The molecule has 12 aromatic rings. The lowest BCUT2D eigenvalue weighted by Crippen LogP contribution is -2.36. The highest BCUT2D eigenvalue weighted by Gasteiger charge is 2.46. The van der Waals surface area contributed by atoms with Gasteiger partial charge in [0.05, 0.1) is 34.1 Å². The first-order valence-corrected chi connectivity index (χ1v) is 32.3. The zero-order chi connectivity index (χ0) is 54.6. The van der Waals surface area contributed by atoms with E-state index in [1.54, 1.807) is 0 Å². The second kappa shape index (κ2) is 20.1. The maximum Gasteiger partial charge on any atom is 0.0543 e. The highest BCUT2D eigenvalue weighted by atomic mass is 32.1. The van der Waals surface area contributed by atoms with Crippen LogP contribution in [0.15, 0.2) is 158 Å². The van der Waals surface area contributed by atoms with Gasteiger partial charge in [-0.25, -0.2) is 0 Å². The van der Waals surface area contributed by atoms with Crippen LogP contribution < -0.4 is 9.80 Å². The highest BCUT2D eigenvalue weighted by Crippen LogP contribution is 2.62. The molecule has 0 fully saturated rings. The van der Waals surface area contributed by atoms with Gasteiger partial charge in [0.15, 0.2) is 0 Å². The van der Waals surface area contributed by atoms with Gasteiger partial charge in [-0.2, -0.15) is 0 Å². The van der Waals surface area contributed by atoms with E-state index < -0.39 is 0 Å². The van der Waals surface area contributed by atoms with Gasteiger partial charge in [0.2, 0.25) is 0 Å². The molecule has 2 aliphatic rings. The van der Waals surface area contributed by atoms with Gasteiger partial charge >= 0.3 is 0 Å². The summed E-state index contributed by atoms with van der Waals surface area (Å²) in [5.74, 6) is 0.591. The number of unbranched alkanes of at least 4 members (excludes halogenated alkanes) is 4. The molecule has 402 valence electrons. The summed E-state index contributed by atoms with van der Waals surface area (Å²) in [6, 6.07) is 63.3. The minimum atomic E-state index is -0.107. The van der Waals surface area contributed by atoms with Gasteiger partial charge in [-0.05, 0) is 153 Å². The van der Waals surface area contributed by atoms with Crippen molar-refractivity contribution in [3.05, 3.63) is 191 Å². The molecule has 2 aliphatic heterocycles. The quantitative estimate of drug-likeness (QED) is 0.0890. The summed E-state index contributed by atoms with van der Waals surface area (Å²) < 4.78 is 5.46. The van der Waals surface area contributed by atoms with Crippen LogP contribution in [0.1, 0.15) is 178 Å². The van der Waals surface area contributed by atoms with Crippen LogP contribution >= 0.6 is 22.7 Å². The number of thiophene rings is 2. The number of para-hydroxylation sites is 2. The van der Waals surface area contributed by atoms with Crippen LogP contribution in [0, 0.1) is 0 Å². The third kappa shape index (κ3) is 7.60. The molecular weight excluding hydrogens is 1000 g/mol. The Morgan fingerprint density at radius 1 is 0.325 bits per heavy atom. The summed E-state index contributed by atoms with van der Waals surface area (Å²) in [5, 5.41) is 13.7. The molecule has 0 unspecified atom stereocenters. The Labute approximate surface area is 482 Å². The molecule has 4 heteroatoms. The van der Waals surface area contributed by atoms with Crippen LogP contribution in [0.25, 0.3) is 72.7 Å². The molecule has 0 atom stereocenters. The minimum absolute atomic E-state index is 0.107. The lowest BCUT2D eigenvalue weighted by atomic mass is 9.64. The summed E-state index contributed by atoms with van der Waals surface area (Å²) in [7, 11) is 0. The zero-order valence-electron chi connectivity index (χ0n) is 48.4. The number of nitrogens with zero attached hydrogens (tertiary/aromatic N) is 2. The van der Waals surface area contributed by atoms with E-state index in [1.807, 2.05) is 22.7 Å². The summed E-state index contributed by atoms with van der Waals surface area (Å²) in [6.45, 7) is 19.2. The van der Waals surface area contributed by atoms with Crippen molar-refractivity contribution in [2.45, 2.75) is 155 Å². The molecule has 2 aromatic heterocycles. The van der Waals surface area contributed by atoms with Crippen molar-refractivity contribution in [3.63, 3.8) is 0 Å². The molecule has 0 amide bonds. The molecule has 0 radical (unpaired) electrons. The van der Waals surface area contributed by atoms with Crippen molar-refractivity contribution in [2.24, 2.45) is 0 Å². The molecule has 0 bridgehead atoms. The fourth-order valence-corrected chi connectivity index (χ4v) is 17.7. The highest BCUT2D eigenvalue weighted by molar-refractivity contribution is 7.26. The number of hydrogen-bond donors (Lipinski definition) is 0. The number of benzene rings is 10. The van der Waals surface area contributed by atoms with Crippen molar-refractivity contribution in [1.82, 2.24) is 0 Å². The Hall–Kier alpha value is -6.72. The standard InChI is InChI=1S/C76H76N2S2/c1-9-13-37-75(38-14-10-2)59-27-19-21-29-63(59)77(67-45-71-57(41-61(67)75)49-25-17-23-31-69(49)79-71)65-43-55(47(5)6)51-34-36-54-66(44-56(48(7)8)52-33-35-53(65)73(51)74(52)54)78-64-30-22-20-28-60(64)76(39-15-11-3,40-16-12-4)62-42-58-50-26-18-24-32-70(50)80-72(58)46-68(62)78/h17-36,41-48H,9-16,37-40H2,1-8H3. The van der Waals surface area contributed by atoms with Crippen LogP contribution in [0.5, 0.6) is 0 Å². The van der Waals surface area contributed by atoms with Crippen LogP contribution in [-0.2, 0) is 10.8 Å². The molecule has 0 saturated heterocycles. The zero-order valence-corrected chi connectivity index (χ0v) is 50.0. The number of anilines is 6. The summed E-state index contributed by atoms with van der Waals surface area (Å²) >= 11 is 3.91. The predicted molar refractivity (Wildman–Crippen MR) is 353 cm³/mol. The van der Waals surface area contributed by atoms with Gasteiger partial charge in [0.25, 0.3) is 0 Å². The lowest BCUT2D eigenvalue weighted by molar-refractivity contribution is 0.404. The average Bonchev–Trinajstić information content (AvgIpc) is 4.18. The molecule has 80 heavy (non-hydrogen) atoms. The van der Waals surface area contributed by atoms with Crippen molar-refractivity contribution in [1.29, 1.82) is 0 Å². The van der Waals surface area contributed by atoms with Crippen LogP contribution in [0.4, 0.5) is 34.1 Å². The molecule has 4 heterocycles. The summed E-state index contributed by atoms with van der Waals surface area (Å²) in [5.41, 5.74) is 16.5. The van der Waals surface area contributed by atoms with E-state index in [9.17, 15) is 0 Å². The second-order valence-electron chi connectivity index (χ2n) is 24.6. The molecule has 14 rings (SSSR count). The molecule has 0 N–H and O–H groups in total. The topological polar surface area (TPSA) is 6.48 Å². The van der Waals surface area contributed by atoms with Crippen molar-refractivity contribution in [3.8, 4) is 0 Å². The Kier molecular flexibility index (Phi) is 12.9. The van der Waals surface area contributed by atoms with E-state index in [2.05, 4.69) is 223 Å². The summed E-state index contributed by atoms with van der Waals surface area (Å²) in [6.07, 6.45) is 14.0. The fraction of sp³-hybridized carbons (Fsp3) is 0.316. The SMILES string of the molecule is CCCCC1(CCCC)c2ccccc2N(c2cc(C(C)C)c3ccc4c(N5c6ccccc6C(CCCC)(CCCC)c6cc7c(cc65)sc5ccccc57)cc(C(C)C)c5ccc2c3c54)c2cc3sc4ccccc4c3cc21. The Balaban J connectivity index is 1.09. The molecule has 0 saturated carbocycles. The van der Waals surface area contributed by atoms with Crippen molar-refractivity contribution >= 4 is 129 Å². The fourth-order valence-electron chi connectivity index (χ4n) is 15.4. The normalized spacial score (nSPS) is 14.7. The maximum absolute atomic E-state index is 2.74. The van der Waals surface area contributed by atoms with E-state index >= 15 is 0 Å². The van der Waals surface area contributed by atoms with Crippen LogP contribution in [0.3, 0.4) is 0 Å². The predicted octanol–water partition coefficient (Wildman–Crippen LogP) is 24.5. The van der Waals surface area contributed by atoms with E-state index in [0.717, 1.165) is 25.7 Å². The largest absolute Gasteiger partial charge is 0.309 e. The first-order valence-electron chi connectivity index (χ1n) is 30.6. The Morgan fingerprint density at radius 2 is 0.688 bits per heavy atom. The molecule has 0 aliphatic carbocycles. The molecule has 0 spiro atoms. The van der Waals surface area contributed by atoms with E-state index in [-0.39, 0.29) is 10.8 Å². The first-order chi connectivity index (χ1) is 39.1. The molecular formula is C76H76N2S2. The van der Waals surface area contributed by atoms with E-state index in [4.69, 9.17) is 0 Å². The number of rotatable bonds is 16. The second-order valence-corrected chi connectivity index (χ2v) is 26.7. The van der Waals surface area contributed by atoms with E-state index in [0.29, 0.717) is 11.8 Å². The van der Waals surface area contributed by atoms with Crippen LogP contribution in [-0.4, -0.2) is 0 Å². The van der Waals surface area contributed by atoms with Gasteiger partial charge in [0, 0.05) is 61.9 Å². The van der Waals surface area contributed by atoms with Gasteiger partial charge in [-0.3, -0.25) is 0 Å². The third-order valence-electron chi connectivity index (χ3n) is 19.3. The number of fused-ring (bicyclic) bond motifs is 10. The first kappa shape index (κ1) is 51.4. The summed E-state index contributed by atoms with van der Waals surface area (Å²) in [4.78, 5) is 5.48. The van der Waals surface area contributed by atoms with Crippen molar-refractivity contribution < 1.29 is 0 Å². The van der Waals surface area contributed by atoms with Gasteiger partial charge in [-0.15, -0.1) is 22.7 Å². The monoisotopic (exact) mass is 1080 g/mol. The average molecular weight is 1080 g/mol. The maximum atomic E-state index is 2.74. The number of hydrogen-bond acceptors (Lipinski definition) is 4. The molecule has 10 aromatic carbocycles.